The molecule has 0 aromatic heterocycles. The third-order valence-electron chi connectivity index (χ3n) is 7.29. The molecule has 0 spiro atoms. The summed E-state index contributed by atoms with van der Waals surface area (Å²) in [6, 6.07) is 28.5. The molecule has 0 aliphatic carbocycles. The first kappa shape index (κ1) is 32.4. The maximum Gasteiger partial charge on any atom is 0.354 e. The molecule has 4 rings (SSSR count). The second-order valence-corrected chi connectivity index (χ2v) is 11.9. The van der Waals surface area contributed by atoms with E-state index in [0.29, 0.717) is 11.5 Å². The standard InChI is InChI=1S/C33H35N2O8P/c1-42-28-16-12-26(13-17-28)33(44(39,40)41,27-14-18-29(43-2)19-15-27)35-30(32(38)34-21-20-31(36)37)22-23-8-10-25(11-9-23)24-6-4-3-5-7-24/h3-19,30,35H,20-22H2,1-2H3,(H,34,38)(H,36,37)(H2,39,40,41). The first-order valence-electron chi connectivity index (χ1n) is 13.8. The summed E-state index contributed by atoms with van der Waals surface area (Å²) in [5.74, 6) is -0.750. The number of aliphatic carboxylic acids is 1. The minimum absolute atomic E-state index is 0.0437. The van der Waals surface area contributed by atoms with E-state index >= 15 is 0 Å². The lowest BCUT2D eigenvalue weighted by molar-refractivity contribution is -0.137. The lowest BCUT2D eigenvalue weighted by atomic mass is 9.94. The fraction of sp³-hybridized carbons (Fsp3) is 0.212. The van der Waals surface area contributed by atoms with Gasteiger partial charge in [0.2, 0.25) is 5.91 Å². The number of carboxylic acids is 1. The number of ether oxygens (including phenoxy) is 2. The number of rotatable bonds is 14. The van der Waals surface area contributed by atoms with Crippen molar-refractivity contribution in [3.05, 3.63) is 120 Å². The molecule has 1 amide bonds. The highest BCUT2D eigenvalue weighted by Gasteiger charge is 2.52. The van der Waals surface area contributed by atoms with Crippen LogP contribution in [0.4, 0.5) is 0 Å². The van der Waals surface area contributed by atoms with Crippen LogP contribution in [-0.2, 0) is 25.9 Å². The van der Waals surface area contributed by atoms with Crippen molar-refractivity contribution in [2.75, 3.05) is 20.8 Å². The number of nitrogens with one attached hydrogen (secondary N) is 2. The zero-order valence-electron chi connectivity index (χ0n) is 24.3. The summed E-state index contributed by atoms with van der Waals surface area (Å²) in [7, 11) is -2.19. The molecule has 10 nitrogen and oxygen atoms in total. The highest BCUT2D eigenvalue weighted by Crippen LogP contribution is 2.59. The summed E-state index contributed by atoms with van der Waals surface area (Å²) in [6.07, 6.45) is -0.271. The van der Waals surface area contributed by atoms with E-state index in [1.165, 1.54) is 38.5 Å². The molecule has 0 fully saturated rings. The van der Waals surface area contributed by atoms with Gasteiger partial charge in [0.1, 0.15) is 11.5 Å². The summed E-state index contributed by atoms with van der Waals surface area (Å²) in [6.45, 7) is -0.159. The average Bonchev–Trinajstić information content (AvgIpc) is 3.03. The van der Waals surface area contributed by atoms with Crippen LogP contribution in [0.5, 0.6) is 11.5 Å². The molecule has 0 heterocycles. The molecule has 0 saturated carbocycles. The van der Waals surface area contributed by atoms with Crippen molar-refractivity contribution >= 4 is 19.5 Å². The normalized spacial score (nSPS) is 12.3. The van der Waals surface area contributed by atoms with Gasteiger partial charge in [-0.3, -0.25) is 19.5 Å². The average molecular weight is 619 g/mol. The number of hydrogen-bond acceptors (Lipinski definition) is 6. The summed E-state index contributed by atoms with van der Waals surface area (Å²) in [5, 5.41) is 12.6. The molecule has 4 aromatic rings. The van der Waals surface area contributed by atoms with Crippen LogP contribution >= 0.6 is 7.60 Å². The van der Waals surface area contributed by atoms with Crippen LogP contribution in [0, 0.1) is 0 Å². The van der Waals surface area contributed by atoms with Gasteiger partial charge in [-0.15, -0.1) is 0 Å². The van der Waals surface area contributed by atoms with Gasteiger partial charge in [-0.1, -0.05) is 78.9 Å². The third-order valence-corrected chi connectivity index (χ3v) is 8.81. The third kappa shape index (κ3) is 7.53. The van der Waals surface area contributed by atoms with Gasteiger partial charge in [-0.05, 0) is 58.5 Å². The second-order valence-electron chi connectivity index (χ2n) is 10.1. The molecular weight excluding hydrogens is 583 g/mol. The van der Waals surface area contributed by atoms with E-state index in [1.54, 1.807) is 24.3 Å². The molecule has 0 bridgehead atoms. The Morgan fingerprint density at radius 3 is 1.73 bits per heavy atom. The van der Waals surface area contributed by atoms with Gasteiger partial charge in [-0.2, -0.15) is 0 Å². The van der Waals surface area contributed by atoms with Crippen LogP contribution in [-0.4, -0.2) is 53.6 Å². The van der Waals surface area contributed by atoms with Crippen molar-refractivity contribution < 1.29 is 38.5 Å². The largest absolute Gasteiger partial charge is 0.497 e. The number of carbonyl (C=O) groups is 2. The van der Waals surface area contributed by atoms with E-state index in [9.17, 15) is 23.9 Å². The Labute approximate surface area is 255 Å². The first-order chi connectivity index (χ1) is 21.1. The van der Waals surface area contributed by atoms with Gasteiger partial charge in [-0.25, -0.2) is 0 Å². The smallest absolute Gasteiger partial charge is 0.354 e. The molecule has 4 aromatic carbocycles. The quantitative estimate of drug-likeness (QED) is 0.128. The summed E-state index contributed by atoms with van der Waals surface area (Å²) in [5.41, 5.74) is 3.09. The van der Waals surface area contributed by atoms with Gasteiger partial charge in [0.05, 0.1) is 26.7 Å². The Bertz CT molecular complexity index is 1540. The zero-order chi connectivity index (χ0) is 31.7. The summed E-state index contributed by atoms with van der Waals surface area (Å²) in [4.78, 5) is 46.9. The van der Waals surface area contributed by atoms with E-state index in [0.717, 1.165) is 16.7 Å². The number of carboxylic acid groups (broad SMARTS) is 1. The van der Waals surface area contributed by atoms with E-state index in [2.05, 4.69) is 10.6 Å². The van der Waals surface area contributed by atoms with Gasteiger partial charge in [0.25, 0.3) is 0 Å². The second kappa shape index (κ2) is 14.3. The lowest BCUT2D eigenvalue weighted by Gasteiger charge is -2.39. The van der Waals surface area contributed by atoms with Crippen LogP contribution in [0.3, 0.4) is 0 Å². The Morgan fingerprint density at radius 2 is 1.27 bits per heavy atom. The van der Waals surface area contributed by atoms with E-state index in [-0.39, 0.29) is 30.5 Å². The fourth-order valence-electron chi connectivity index (χ4n) is 5.00. The van der Waals surface area contributed by atoms with Crippen LogP contribution < -0.4 is 20.1 Å². The molecule has 0 aliphatic rings. The Balaban J connectivity index is 1.80. The predicted molar refractivity (Wildman–Crippen MR) is 167 cm³/mol. The predicted octanol–water partition coefficient (Wildman–Crippen LogP) is 4.54. The molecule has 0 radical (unpaired) electrons. The highest BCUT2D eigenvalue weighted by molar-refractivity contribution is 7.53. The van der Waals surface area contributed by atoms with E-state index in [4.69, 9.17) is 14.6 Å². The van der Waals surface area contributed by atoms with Gasteiger partial charge >= 0.3 is 13.6 Å². The molecule has 1 unspecified atom stereocenters. The number of methoxy groups -OCH3 is 2. The minimum atomic E-state index is -5.15. The van der Waals surface area contributed by atoms with E-state index in [1.807, 2.05) is 54.6 Å². The van der Waals surface area contributed by atoms with Crippen molar-refractivity contribution in [3.63, 3.8) is 0 Å². The topological polar surface area (TPSA) is 154 Å². The number of amides is 1. The number of benzene rings is 4. The van der Waals surface area contributed by atoms with Gasteiger partial charge < -0.3 is 29.7 Å². The monoisotopic (exact) mass is 618 g/mol. The summed E-state index contributed by atoms with van der Waals surface area (Å²) >= 11 is 0. The molecular formula is C33H35N2O8P. The molecule has 1 atom stereocenters. The SMILES string of the molecule is COc1ccc(C(NC(Cc2ccc(-c3ccccc3)cc2)C(=O)NCCC(=O)O)(c2ccc(OC)cc2)P(=O)(O)O)cc1. The molecule has 0 aliphatic heterocycles. The molecule has 44 heavy (non-hydrogen) atoms. The molecule has 11 heteroatoms. The first-order valence-corrected chi connectivity index (χ1v) is 15.4. The molecule has 0 saturated heterocycles. The summed E-state index contributed by atoms with van der Waals surface area (Å²) < 4.78 is 24.2. The van der Waals surface area contributed by atoms with Crippen molar-refractivity contribution in [2.45, 2.75) is 24.2 Å². The Kier molecular flexibility index (Phi) is 10.6. The maximum absolute atomic E-state index is 13.6. The highest BCUT2D eigenvalue weighted by atomic mass is 31.2. The molecule has 5 N–H and O–H groups in total. The Morgan fingerprint density at radius 1 is 0.773 bits per heavy atom. The number of hydrogen-bond donors (Lipinski definition) is 5. The van der Waals surface area contributed by atoms with E-state index < -0.39 is 30.8 Å². The van der Waals surface area contributed by atoms with Gasteiger partial charge in [0.15, 0.2) is 5.28 Å². The minimum Gasteiger partial charge on any atom is -0.497 e. The van der Waals surface area contributed by atoms with Crippen LogP contribution in [0.15, 0.2) is 103 Å². The Hall–Kier alpha value is -4.47. The fourth-order valence-corrected chi connectivity index (χ4v) is 6.29. The molecule has 230 valence electrons. The maximum atomic E-state index is 13.6. The van der Waals surface area contributed by atoms with Crippen molar-refractivity contribution in [2.24, 2.45) is 0 Å². The van der Waals surface area contributed by atoms with Gasteiger partial charge in [0, 0.05) is 6.54 Å². The van der Waals surface area contributed by atoms with Crippen LogP contribution in [0.25, 0.3) is 11.1 Å². The van der Waals surface area contributed by atoms with Crippen LogP contribution in [0.2, 0.25) is 0 Å². The van der Waals surface area contributed by atoms with Crippen molar-refractivity contribution in [1.82, 2.24) is 10.6 Å². The zero-order valence-corrected chi connectivity index (χ0v) is 25.2. The van der Waals surface area contributed by atoms with Crippen molar-refractivity contribution in [1.29, 1.82) is 0 Å². The number of carbonyl (C=O) groups excluding carboxylic acids is 1. The van der Waals surface area contributed by atoms with Crippen molar-refractivity contribution in [3.8, 4) is 22.6 Å². The lowest BCUT2D eigenvalue weighted by Crippen LogP contribution is -2.55. The van der Waals surface area contributed by atoms with Crippen LogP contribution in [0.1, 0.15) is 23.1 Å².